The molecule has 126 valence electrons. The van der Waals surface area contributed by atoms with Crippen LogP contribution in [0, 0.1) is 23.0 Å². The molecular weight excluding hydrogens is 316 g/mol. The number of aromatic nitrogens is 1. The Hall–Kier alpha value is -2.95. The van der Waals surface area contributed by atoms with Crippen molar-refractivity contribution in [3.8, 4) is 0 Å². The number of nitrogens with zero attached hydrogens (tertiary/aromatic N) is 2. The minimum Gasteiger partial charge on any atom is -0.283 e. The number of nitro groups is 1. The van der Waals surface area contributed by atoms with Gasteiger partial charge in [-0.25, -0.2) is 0 Å². The average molecular weight is 334 g/mol. The molecule has 0 radical (unpaired) electrons. The molecule has 0 aliphatic carbocycles. The van der Waals surface area contributed by atoms with Crippen molar-refractivity contribution in [2.75, 3.05) is 6.54 Å². The molecule has 0 bridgehead atoms. The van der Waals surface area contributed by atoms with Crippen LogP contribution in [0.3, 0.4) is 0 Å². The van der Waals surface area contributed by atoms with Gasteiger partial charge in [0.1, 0.15) is 0 Å². The van der Waals surface area contributed by atoms with Gasteiger partial charge in [0.25, 0.3) is 0 Å². The van der Waals surface area contributed by atoms with E-state index in [4.69, 9.17) is 0 Å². The molecule has 0 amide bonds. The molecule has 1 aliphatic heterocycles. The summed E-state index contributed by atoms with van der Waals surface area (Å²) in [6.07, 6.45) is 0.521. The zero-order valence-corrected chi connectivity index (χ0v) is 13.9. The molecule has 0 saturated heterocycles. The van der Waals surface area contributed by atoms with Crippen molar-refractivity contribution < 1.29 is 9.72 Å². The van der Waals surface area contributed by atoms with E-state index in [2.05, 4.69) is 0 Å². The second-order valence-corrected chi connectivity index (χ2v) is 6.62. The zero-order valence-electron chi connectivity index (χ0n) is 13.9. The Morgan fingerprint density at radius 3 is 2.44 bits per heavy atom. The molecule has 0 N–H and O–H groups in total. The van der Waals surface area contributed by atoms with Gasteiger partial charge in [0.2, 0.25) is 12.5 Å². The highest BCUT2D eigenvalue weighted by Gasteiger charge is 2.44. The highest BCUT2D eigenvalue weighted by molar-refractivity contribution is 6.00. The molecule has 4 rings (SSSR count). The standard InChI is InChI=1S/C20H18N2O3/c1-13-15-9-5-6-10-18(15)22-19(13)17(12-21(24)25)16(20(22)23)11-14-7-3-2-4-8-14/h2-10,16-17H,11-12H2,1H3/t16-,17-/m1/s1. The lowest BCUT2D eigenvalue weighted by Crippen LogP contribution is -2.24. The Bertz CT molecular complexity index is 975. The minimum absolute atomic E-state index is 0.0324. The predicted octanol–water partition coefficient (Wildman–Crippen LogP) is 3.82. The fraction of sp³-hybridized carbons (Fsp3) is 0.250. The Kier molecular flexibility index (Phi) is 3.64. The monoisotopic (exact) mass is 334 g/mol. The van der Waals surface area contributed by atoms with Crippen LogP contribution in [0.5, 0.6) is 0 Å². The summed E-state index contributed by atoms with van der Waals surface area (Å²) in [5, 5.41) is 12.3. The predicted molar refractivity (Wildman–Crippen MR) is 95.5 cm³/mol. The molecule has 3 aromatic rings. The van der Waals surface area contributed by atoms with E-state index in [-0.39, 0.29) is 17.4 Å². The Morgan fingerprint density at radius 2 is 1.72 bits per heavy atom. The second kappa shape index (κ2) is 5.84. The molecule has 0 fully saturated rings. The van der Waals surface area contributed by atoms with Crippen LogP contribution >= 0.6 is 0 Å². The van der Waals surface area contributed by atoms with Crippen LogP contribution in [0.25, 0.3) is 10.9 Å². The second-order valence-electron chi connectivity index (χ2n) is 6.62. The van der Waals surface area contributed by atoms with Gasteiger partial charge in [0, 0.05) is 16.0 Å². The molecule has 5 heteroatoms. The molecule has 0 unspecified atom stereocenters. The summed E-state index contributed by atoms with van der Waals surface area (Å²) in [5.41, 5.74) is 3.67. The summed E-state index contributed by atoms with van der Waals surface area (Å²) in [5.74, 6) is -0.823. The maximum atomic E-state index is 13.2. The SMILES string of the molecule is Cc1c2n(c3ccccc13)C(=O)[C@H](Cc1ccccc1)[C@H]2C[N+](=O)[O-]. The topological polar surface area (TPSA) is 65.1 Å². The maximum absolute atomic E-state index is 13.2. The van der Waals surface area contributed by atoms with Crippen molar-refractivity contribution >= 4 is 16.8 Å². The molecular formula is C20H18N2O3. The Balaban J connectivity index is 1.84. The molecule has 0 spiro atoms. The van der Waals surface area contributed by atoms with Crippen LogP contribution in [0.4, 0.5) is 0 Å². The highest BCUT2D eigenvalue weighted by Crippen LogP contribution is 2.42. The maximum Gasteiger partial charge on any atom is 0.235 e. The Labute approximate surface area is 145 Å². The van der Waals surface area contributed by atoms with E-state index in [0.717, 1.165) is 27.7 Å². The average Bonchev–Trinajstić information content (AvgIpc) is 3.04. The first kappa shape index (κ1) is 15.6. The number of fused-ring (bicyclic) bond motifs is 3. The van der Waals surface area contributed by atoms with Crippen LogP contribution in [0.2, 0.25) is 0 Å². The number of carbonyl (C=O) groups excluding carboxylic acids is 1. The van der Waals surface area contributed by atoms with E-state index in [1.165, 1.54) is 0 Å². The lowest BCUT2D eigenvalue weighted by molar-refractivity contribution is -0.484. The van der Waals surface area contributed by atoms with E-state index >= 15 is 0 Å². The van der Waals surface area contributed by atoms with Crippen LogP contribution in [-0.2, 0) is 6.42 Å². The van der Waals surface area contributed by atoms with Crippen LogP contribution in [0.1, 0.15) is 27.5 Å². The number of hydrogen-bond donors (Lipinski definition) is 0. The summed E-state index contributed by atoms with van der Waals surface area (Å²) in [4.78, 5) is 24.1. The summed E-state index contributed by atoms with van der Waals surface area (Å²) in [6.45, 7) is 1.74. The third-order valence-corrected chi connectivity index (χ3v) is 5.19. The summed E-state index contributed by atoms with van der Waals surface area (Å²) in [6, 6.07) is 17.4. The van der Waals surface area contributed by atoms with Crippen molar-refractivity contribution in [1.82, 2.24) is 4.57 Å². The number of para-hydroxylation sites is 1. The number of carbonyl (C=O) groups is 1. The van der Waals surface area contributed by atoms with E-state index in [1.54, 1.807) is 4.57 Å². The number of aryl methyl sites for hydroxylation is 1. The highest BCUT2D eigenvalue weighted by atomic mass is 16.6. The van der Waals surface area contributed by atoms with Crippen molar-refractivity contribution in [1.29, 1.82) is 0 Å². The van der Waals surface area contributed by atoms with Crippen LogP contribution < -0.4 is 0 Å². The number of hydrogen-bond acceptors (Lipinski definition) is 3. The lowest BCUT2D eigenvalue weighted by atomic mass is 9.85. The van der Waals surface area contributed by atoms with E-state index in [1.807, 2.05) is 61.5 Å². The van der Waals surface area contributed by atoms with Crippen molar-refractivity contribution in [3.63, 3.8) is 0 Å². The summed E-state index contributed by atoms with van der Waals surface area (Å²) >= 11 is 0. The van der Waals surface area contributed by atoms with E-state index in [0.29, 0.717) is 6.42 Å². The minimum atomic E-state index is -0.397. The molecule has 5 nitrogen and oxygen atoms in total. The first-order chi connectivity index (χ1) is 12.1. The van der Waals surface area contributed by atoms with Gasteiger partial charge in [-0.1, -0.05) is 48.5 Å². The van der Waals surface area contributed by atoms with Crippen molar-refractivity contribution in [2.24, 2.45) is 5.92 Å². The summed E-state index contributed by atoms with van der Waals surface area (Å²) < 4.78 is 1.71. The number of benzene rings is 2. The fourth-order valence-electron chi connectivity index (χ4n) is 4.10. The van der Waals surface area contributed by atoms with Crippen LogP contribution in [-0.4, -0.2) is 21.9 Å². The zero-order chi connectivity index (χ0) is 17.6. The molecule has 0 saturated carbocycles. The largest absolute Gasteiger partial charge is 0.283 e. The smallest absolute Gasteiger partial charge is 0.235 e. The molecule has 2 atom stereocenters. The Morgan fingerprint density at radius 1 is 1.04 bits per heavy atom. The molecule has 2 aromatic carbocycles. The molecule has 1 aromatic heterocycles. The van der Waals surface area contributed by atoms with Crippen LogP contribution in [0.15, 0.2) is 54.6 Å². The van der Waals surface area contributed by atoms with Gasteiger partial charge in [0.15, 0.2) is 0 Å². The first-order valence-electron chi connectivity index (χ1n) is 8.38. The van der Waals surface area contributed by atoms with Crippen molar-refractivity contribution in [2.45, 2.75) is 19.3 Å². The fourth-order valence-corrected chi connectivity index (χ4v) is 4.10. The number of rotatable bonds is 4. The van der Waals surface area contributed by atoms with Gasteiger partial charge in [-0.2, -0.15) is 0 Å². The van der Waals surface area contributed by atoms with Gasteiger partial charge in [-0.05, 0) is 30.5 Å². The van der Waals surface area contributed by atoms with Gasteiger partial charge in [-0.3, -0.25) is 19.5 Å². The van der Waals surface area contributed by atoms with Gasteiger partial charge in [0.05, 0.1) is 17.4 Å². The third-order valence-electron chi connectivity index (χ3n) is 5.19. The first-order valence-corrected chi connectivity index (χ1v) is 8.38. The van der Waals surface area contributed by atoms with Gasteiger partial charge >= 0.3 is 0 Å². The third kappa shape index (κ3) is 2.43. The van der Waals surface area contributed by atoms with E-state index in [9.17, 15) is 14.9 Å². The van der Waals surface area contributed by atoms with Gasteiger partial charge < -0.3 is 0 Å². The summed E-state index contributed by atoms with van der Waals surface area (Å²) in [7, 11) is 0. The quantitative estimate of drug-likeness (QED) is 0.538. The molecule has 2 heterocycles. The normalized spacial score (nSPS) is 19.3. The molecule has 1 aliphatic rings. The lowest BCUT2D eigenvalue weighted by Gasteiger charge is -2.15. The van der Waals surface area contributed by atoms with Gasteiger partial charge in [-0.15, -0.1) is 0 Å². The molecule has 25 heavy (non-hydrogen) atoms. The van der Waals surface area contributed by atoms with E-state index < -0.39 is 11.8 Å². The van der Waals surface area contributed by atoms with Crippen molar-refractivity contribution in [3.05, 3.63) is 81.5 Å².